The number of hydrogen-bond acceptors (Lipinski definition) is 5. The summed E-state index contributed by atoms with van der Waals surface area (Å²) in [6.45, 7) is 13.0. The number of fused-ring (bicyclic) bond motifs is 1. The highest BCUT2D eigenvalue weighted by Gasteiger charge is 2.37. The minimum absolute atomic E-state index is 0.226. The van der Waals surface area contributed by atoms with Crippen molar-refractivity contribution < 1.29 is 5.11 Å². The number of aliphatic hydroxyl groups is 1. The van der Waals surface area contributed by atoms with Crippen LogP contribution >= 0.6 is 11.3 Å². The summed E-state index contributed by atoms with van der Waals surface area (Å²) in [6, 6.07) is 7.66. The minimum atomic E-state index is 0.226. The van der Waals surface area contributed by atoms with Gasteiger partial charge in [0.25, 0.3) is 0 Å². The van der Waals surface area contributed by atoms with E-state index in [9.17, 15) is 0 Å². The summed E-state index contributed by atoms with van der Waals surface area (Å²) in [5, 5.41) is 16.1. The Hall–Kier alpha value is -1.43. The second kappa shape index (κ2) is 9.82. The van der Waals surface area contributed by atoms with Crippen molar-refractivity contribution in [1.29, 1.82) is 0 Å². The summed E-state index contributed by atoms with van der Waals surface area (Å²) in [5.74, 6) is 0. The molecule has 1 aromatic heterocycles. The summed E-state index contributed by atoms with van der Waals surface area (Å²) in [5.41, 5.74) is 5.88. The largest absolute Gasteiger partial charge is 0.396 e. The second-order valence-electron chi connectivity index (χ2n) is 11.0. The molecule has 0 amide bonds. The first-order chi connectivity index (χ1) is 15.3. The molecule has 1 atom stereocenters. The first kappa shape index (κ1) is 23.7. The molecule has 2 N–H and O–H groups in total. The number of benzene rings is 1. The molecular weight excluding hydrogens is 414 g/mol. The fourth-order valence-corrected chi connectivity index (χ4v) is 6.21. The average Bonchev–Trinajstić information content (AvgIpc) is 3.14. The van der Waals surface area contributed by atoms with Gasteiger partial charge in [0.2, 0.25) is 0 Å². The highest BCUT2D eigenvalue weighted by Crippen LogP contribution is 2.47. The van der Waals surface area contributed by atoms with E-state index in [1.165, 1.54) is 47.5 Å². The van der Waals surface area contributed by atoms with E-state index in [0.29, 0.717) is 12.6 Å². The van der Waals surface area contributed by atoms with Crippen LogP contribution in [0.25, 0.3) is 11.3 Å². The quantitative estimate of drug-likeness (QED) is 0.512. The van der Waals surface area contributed by atoms with Crippen LogP contribution in [0.2, 0.25) is 0 Å². The van der Waals surface area contributed by atoms with Gasteiger partial charge in [-0.25, -0.2) is 4.98 Å². The molecule has 1 aromatic carbocycles. The van der Waals surface area contributed by atoms with Crippen LogP contribution in [0.4, 0.5) is 5.13 Å². The molecule has 2 aliphatic rings. The van der Waals surface area contributed by atoms with E-state index in [2.05, 4.69) is 61.5 Å². The van der Waals surface area contributed by atoms with Crippen molar-refractivity contribution in [1.82, 2.24) is 10.3 Å². The molecule has 1 aliphatic heterocycles. The molecular formula is C27H41N3OS. The Morgan fingerprint density at radius 1 is 1.06 bits per heavy atom. The van der Waals surface area contributed by atoms with Gasteiger partial charge in [-0.3, -0.25) is 0 Å². The maximum absolute atomic E-state index is 8.96. The van der Waals surface area contributed by atoms with E-state index < -0.39 is 0 Å². The van der Waals surface area contributed by atoms with Crippen LogP contribution in [-0.2, 0) is 10.8 Å². The average molecular weight is 456 g/mol. The van der Waals surface area contributed by atoms with Crippen molar-refractivity contribution in [2.45, 2.75) is 89.5 Å². The maximum atomic E-state index is 8.96. The summed E-state index contributed by atoms with van der Waals surface area (Å²) in [6.07, 6.45) is 8.03. The Balaban J connectivity index is 1.45. The van der Waals surface area contributed by atoms with Crippen molar-refractivity contribution in [2.75, 3.05) is 31.1 Å². The summed E-state index contributed by atoms with van der Waals surface area (Å²) in [7, 11) is 0. The third kappa shape index (κ3) is 5.21. The maximum Gasteiger partial charge on any atom is 0.185 e. The third-order valence-corrected chi connectivity index (χ3v) is 8.56. The highest BCUT2D eigenvalue weighted by atomic mass is 32.1. The van der Waals surface area contributed by atoms with E-state index in [1.54, 1.807) is 11.3 Å². The molecule has 0 radical (unpaired) electrons. The van der Waals surface area contributed by atoms with Gasteiger partial charge < -0.3 is 15.3 Å². The summed E-state index contributed by atoms with van der Waals surface area (Å²) >= 11 is 1.79. The van der Waals surface area contributed by atoms with Crippen LogP contribution in [0, 0.1) is 0 Å². The topological polar surface area (TPSA) is 48.4 Å². The predicted octanol–water partition coefficient (Wildman–Crippen LogP) is 5.88. The van der Waals surface area contributed by atoms with Crippen LogP contribution in [0.5, 0.6) is 0 Å². The Bertz CT molecular complexity index is 904. The molecule has 4 rings (SSSR count). The Morgan fingerprint density at radius 2 is 1.84 bits per heavy atom. The Morgan fingerprint density at radius 3 is 2.62 bits per heavy atom. The lowest BCUT2D eigenvalue weighted by Gasteiger charge is -2.42. The molecule has 176 valence electrons. The van der Waals surface area contributed by atoms with E-state index in [0.717, 1.165) is 44.6 Å². The standard InChI is InChI=1S/C27H41N3OS/c1-26(2)12-13-27(3,4)23-18-20(9-10-22(23)26)24-19-32-25(29-24)30-15-7-8-21(11-16-30)28-14-5-6-17-31/h9-10,18-19,21,28,31H,5-8,11-17H2,1-4H3. The number of aromatic nitrogens is 1. The summed E-state index contributed by atoms with van der Waals surface area (Å²) < 4.78 is 0. The number of hydrogen-bond donors (Lipinski definition) is 2. The first-order valence-corrected chi connectivity index (χ1v) is 13.4. The Kier molecular flexibility index (Phi) is 7.28. The zero-order chi connectivity index (χ0) is 22.8. The molecule has 0 bridgehead atoms. The fraction of sp³-hybridized carbons (Fsp3) is 0.667. The van der Waals surface area contributed by atoms with Gasteiger partial charge in [-0.15, -0.1) is 11.3 Å². The Labute approximate surface area is 198 Å². The first-order valence-electron chi connectivity index (χ1n) is 12.5. The number of rotatable bonds is 7. The predicted molar refractivity (Wildman–Crippen MR) is 137 cm³/mol. The molecule has 1 aliphatic carbocycles. The molecule has 0 saturated carbocycles. The van der Waals surface area contributed by atoms with Gasteiger partial charge in [0.15, 0.2) is 5.13 Å². The lowest BCUT2D eigenvalue weighted by molar-refractivity contribution is 0.282. The third-order valence-electron chi connectivity index (χ3n) is 7.66. The normalized spacial score (nSPS) is 22.4. The lowest BCUT2D eigenvalue weighted by atomic mass is 9.63. The van der Waals surface area contributed by atoms with Gasteiger partial charge in [-0.05, 0) is 79.5 Å². The molecule has 1 saturated heterocycles. The van der Waals surface area contributed by atoms with E-state index in [1.807, 2.05) is 0 Å². The highest BCUT2D eigenvalue weighted by molar-refractivity contribution is 7.14. The zero-order valence-electron chi connectivity index (χ0n) is 20.4. The van der Waals surface area contributed by atoms with Crippen molar-refractivity contribution in [3.8, 4) is 11.3 Å². The smallest absolute Gasteiger partial charge is 0.185 e. The van der Waals surface area contributed by atoms with Gasteiger partial charge in [0.1, 0.15) is 0 Å². The number of anilines is 1. The molecule has 4 nitrogen and oxygen atoms in total. The van der Waals surface area contributed by atoms with E-state index in [4.69, 9.17) is 10.1 Å². The molecule has 1 fully saturated rings. The van der Waals surface area contributed by atoms with E-state index in [-0.39, 0.29) is 10.8 Å². The number of nitrogens with one attached hydrogen (secondary N) is 1. The van der Waals surface area contributed by atoms with Crippen molar-refractivity contribution in [3.05, 3.63) is 34.7 Å². The molecule has 32 heavy (non-hydrogen) atoms. The van der Waals surface area contributed by atoms with Crippen LogP contribution < -0.4 is 10.2 Å². The van der Waals surface area contributed by atoms with Gasteiger partial charge >= 0.3 is 0 Å². The van der Waals surface area contributed by atoms with E-state index >= 15 is 0 Å². The van der Waals surface area contributed by atoms with Gasteiger partial charge in [0, 0.05) is 36.7 Å². The summed E-state index contributed by atoms with van der Waals surface area (Å²) in [4.78, 5) is 7.57. The van der Waals surface area contributed by atoms with Gasteiger partial charge in [-0.1, -0.05) is 39.8 Å². The van der Waals surface area contributed by atoms with Crippen LogP contribution in [0.3, 0.4) is 0 Å². The molecule has 5 heteroatoms. The van der Waals surface area contributed by atoms with Gasteiger partial charge in [0.05, 0.1) is 5.69 Å². The fourth-order valence-electron chi connectivity index (χ4n) is 5.32. The second-order valence-corrected chi connectivity index (χ2v) is 11.9. The number of nitrogens with zero attached hydrogens (tertiary/aromatic N) is 2. The van der Waals surface area contributed by atoms with Crippen LogP contribution in [-0.4, -0.2) is 42.4 Å². The number of aliphatic hydroxyl groups excluding tert-OH is 1. The molecule has 1 unspecified atom stereocenters. The van der Waals surface area contributed by atoms with Crippen molar-refractivity contribution >= 4 is 16.5 Å². The number of unbranched alkanes of at least 4 members (excludes halogenated alkanes) is 1. The lowest BCUT2D eigenvalue weighted by Crippen LogP contribution is -2.33. The molecule has 2 heterocycles. The van der Waals surface area contributed by atoms with Gasteiger partial charge in [-0.2, -0.15) is 0 Å². The van der Waals surface area contributed by atoms with Crippen molar-refractivity contribution in [2.24, 2.45) is 0 Å². The zero-order valence-corrected chi connectivity index (χ0v) is 21.2. The SMILES string of the molecule is CC1(C)CCC(C)(C)c2cc(-c3csc(N4CCCC(NCCCCO)CC4)n3)ccc21. The molecule has 2 aromatic rings. The minimum Gasteiger partial charge on any atom is -0.396 e. The van der Waals surface area contributed by atoms with Crippen LogP contribution in [0.15, 0.2) is 23.6 Å². The molecule has 0 spiro atoms. The number of thiazole rings is 1. The van der Waals surface area contributed by atoms with Crippen molar-refractivity contribution in [3.63, 3.8) is 0 Å². The van der Waals surface area contributed by atoms with Crippen LogP contribution in [0.1, 0.15) is 83.8 Å². The monoisotopic (exact) mass is 455 g/mol.